The van der Waals surface area contributed by atoms with Crippen LogP contribution in [0, 0.1) is 0 Å². The number of carbonyl (C=O) groups is 2. The molecule has 0 saturated heterocycles. The summed E-state index contributed by atoms with van der Waals surface area (Å²) in [5.41, 5.74) is 5.38. The van der Waals surface area contributed by atoms with Crippen LogP contribution in [0.1, 0.15) is 20.8 Å². The summed E-state index contributed by atoms with van der Waals surface area (Å²) < 4.78 is 10.7. The number of hydrazine groups is 1. The smallest absolute Gasteiger partial charge is 0.289 e. The van der Waals surface area contributed by atoms with Gasteiger partial charge in [-0.05, 0) is 24.3 Å². The van der Waals surface area contributed by atoms with Crippen LogP contribution < -0.4 is 20.3 Å². The fourth-order valence-electron chi connectivity index (χ4n) is 2.47. The molecule has 0 radical (unpaired) electrons. The molecule has 0 atom stereocenters. The molecule has 0 fully saturated rings. The normalized spacial score (nSPS) is 10.2. The van der Waals surface area contributed by atoms with Crippen LogP contribution in [0.2, 0.25) is 0 Å². The zero-order valence-corrected chi connectivity index (χ0v) is 15.9. The maximum Gasteiger partial charge on any atom is 0.289 e. The lowest BCUT2D eigenvalue weighted by Gasteiger charge is -2.10. The van der Waals surface area contributed by atoms with Gasteiger partial charge < -0.3 is 14.6 Å². The van der Waals surface area contributed by atoms with Gasteiger partial charge in [-0.2, -0.15) is 0 Å². The SMILES string of the molecule is COc1cccc(-c2nc(C(=O)NNC(=O)c3ccccc3O)cs2)c1OC. The summed E-state index contributed by atoms with van der Waals surface area (Å²) in [5, 5.41) is 11.8. The van der Waals surface area contributed by atoms with Crippen LogP contribution in [0.5, 0.6) is 17.2 Å². The molecule has 0 spiro atoms. The molecule has 8 nitrogen and oxygen atoms in total. The van der Waals surface area contributed by atoms with Crippen LogP contribution in [-0.4, -0.2) is 36.1 Å². The number of nitrogens with zero attached hydrogens (tertiary/aromatic N) is 1. The number of aromatic hydroxyl groups is 1. The fraction of sp³-hybridized carbons (Fsp3) is 0.105. The first-order chi connectivity index (χ1) is 13.5. The second kappa shape index (κ2) is 8.40. The number of phenols is 1. The molecule has 0 aliphatic carbocycles. The molecule has 9 heteroatoms. The molecule has 0 saturated carbocycles. The van der Waals surface area contributed by atoms with Crippen molar-refractivity contribution in [3.8, 4) is 27.8 Å². The molecule has 0 bridgehead atoms. The van der Waals surface area contributed by atoms with Crippen LogP contribution in [0.4, 0.5) is 0 Å². The number of thiazole rings is 1. The van der Waals surface area contributed by atoms with Crippen molar-refractivity contribution in [3.63, 3.8) is 0 Å². The number of methoxy groups -OCH3 is 2. The Morgan fingerprint density at radius 1 is 1.00 bits per heavy atom. The average molecular weight is 399 g/mol. The van der Waals surface area contributed by atoms with Gasteiger partial charge in [0, 0.05) is 5.38 Å². The van der Waals surface area contributed by atoms with Gasteiger partial charge in [0.05, 0.1) is 25.3 Å². The van der Waals surface area contributed by atoms with E-state index in [1.807, 2.05) is 6.07 Å². The van der Waals surface area contributed by atoms with Gasteiger partial charge in [-0.15, -0.1) is 11.3 Å². The molecule has 3 N–H and O–H groups in total. The molecule has 1 aromatic heterocycles. The summed E-state index contributed by atoms with van der Waals surface area (Å²) >= 11 is 1.25. The number of para-hydroxylation sites is 2. The maximum atomic E-state index is 12.3. The first kappa shape index (κ1) is 19.2. The van der Waals surface area contributed by atoms with E-state index in [0.29, 0.717) is 22.1 Å². The van der Waals surface area contributed by atoms with Gasteiger partial charge in [0.2, 0.25) is 0 Å². The largest absolute Gasteiger partial charge is 0.507 e. The van der Waals surface area contributed by atoms with Crippen LogP contribution in [0.15, 0.2) is 47.8 Å². The first-order valence-corrected chi connectivity index (χ1v) is 8.98. The Bertz CT molecular complexity index is 1020. The third-order valence-corrected chi connectivity index (χ3v) is 4.68. The molecule has 3 rings (SSSR count). The number of hydrogen-bond acceptors (Lipinski definition) is 7. The highest BCUT2D eigenvalue weighted by Gasteiger charge is 2.18. The van der Waals surface area contributed by atoms with Crippen LogP contribution >= 0.6 is 11.3 Å². The van der Waals surface area contributed by atoms with Crippen molar-refractivity contribution in [1.29, 1.82) is 0 Å². The predicted molar refractivity (Wildman–Crippen MR) is 104 cm³/mol. The van der Waals surface area contributed by atoms with Gasteiger partial charge in [0.1, 0.15) is 16.5 Å². The lowest BCUT2D eigenvalue weighted by molar-refractivity contribution is 0.0842. The van der Waals surface area contributed by atoms with Gasteiger partial charge in [-0.25, -0.2) is 4.98 Å². The molecule has 0 aliphatic heterocycles. The molecule has 0 unspecified atom stereocenters. The number of phenolic OH excluding ortho intramolecular Hbond substituents is 1. The van der Waals surface area contributed by atoms with E-state index in [2.05, 4.69) is 15.8 Å². The number of rotatable bonds is 5. The van der Waals surface area contributed by atoms with Crippen molar-refractivity contribution in [2.24, 2.45) is 0 Å². The number of amides is 2. The summed E-state index contributed by atoms with van der Waals surface area (Å²) in [6.45, 7) is 0. The van der Waals surface area contributed by atoms with Crippen molar-refractivity contribution >= 4 is 23.2 Å². The minimum atomic E-state index is -0.642. The van der Waals surface area contributed by atoms with Crippen molar-refractivity contribution in [3.05, 3.63) is 59.1 Å². The van der Waals surface area contributed by atoms with Gasteiger partial charge in [-0.3, -0.25) is 20.4 Å². The Morgan fingerprint density at radius 2 is 1.75 bits per heavy atom. The van der Waals surface area contributed by atoms with E-state index < -0.39 is 11.8 Å². The highest BCUT2D eigenvalue weighted by molar-refractivity contribution is 7.13. The number of carbonyl (C=O) groups excluding carboxylic acids is 2. The Morgan fingerprint density at radius 3 is 2.46 bits per heavy atom. The van der Waals surface area contributed by atoms with E-state index in [9.17, 15) is 14.7 Å². The van der Waals surface area contributed by atoms with Crippen LogP contribution in [-0.2, 0) is 0 Å². The maximum absolute atomic E-state index is 12.3. The zero-order chi connectivity index (χ0) is 20.1. The van der Waals surface area contributed by atoms with Gasteiger partial charge in [0.25, 0.3) is 11.8 Å². The van der Waals surface area contributed by atoms with Crippen molar-refractivity contribution in [1.82, 2.24) is 15.8 Å². The monoisotopic (exact) mass is 399 g/mol. The predicted octanol–water partition coefficient (Wildman–Crippen LogP) is 2.61. The number of ether oxygens (including phenoxy) is 2. The van der Waals surface area contributed by atoms with E-state index in [-0.39, 0.29) is 17.0 Å². The van der Waals surface area contributed by atoms with Gasteiger partial charge in [0.15, 0.2) is 11.5 Å². The quantitative estimate of drug-likeness (QED) is 0.569. The van der Waals surface area contributed by atoms with E-state index in [4.69, 9.17) is 9.47 Å². The molecule has 0 aliphatic rings. The van der Waals surface area contributed by atoms with Gasteiger partial charge in [-0.1, -0.05) is 18.2 Å². The fourth-order valence-corrected chi connectivity index (χ4v) is 3.29. The van der Waals surface area contributed by atoms with Crippen LogP contribution in [0.25, 0.3) is 10.6 Å². The number of benzene rings is 2. The Labute approximate surface area is 164 Å². The topological polar surface area (TPSA) is 110 Å². The van der Waals surface area contributed by atoms with Crippen molar-refractivity contribution < 1.29 is 24.2 Å². The molecular weight excluding hydrogens is 382 g/mol. The molecule has 3 aromatic rings. The summed E-state index contributed by atoms with van der Waals surface area (Å²) in [7, 11) is 3.06. The number of nitrogens with one attached hydrogen (secondary N) is 2. The molecule has 2 amide bonds. The highest BCUT2D eigenvalue weighted by atomic mass is 32.1. The third-order valence-electron chi connectivity index (χ3n) is 3.81. The summed E-state index contributed by atoms with van der Waals surface area (Å²) in [6.07, 6.45) is 0. The van der Waals surface area contributed by atoms with Crippen molar-refractivity contribution in [2.75, 3.05) is 14.2 Å². The van der Waals surface area contributed by atoms with E-state index in [1.54, 1.807) is 29.6 Å². The molecular formula is C19H17N3O5S. The third kappa shape index (κ3) is 3.89. The summed E-state index contributed by atoms with van der Waals surface area (Å²) in [5.74, 6) is -0.352. The van der Waals surface area contributed by atoms with Crippen molar-refractivity contribution in [2.45, 2.75) is 0 Å². The zero-order valence-electron chi connectivity index (χ0n) is 15.1. The standard InChI is InChI=1S/C19H17N3O5S/c1-26-15-9-5-7-12(16(15)27-2)19-20-13(10-28-19)18(25)22-21-17(24)11-6-3-4-8-14(11)23/h3-10,23H,1-2H3,(H,21,24)(H,22,25). The Kier molecular flexibility index (Phi) is 5.75. The molecule has 1 heterocycles. The lowest BCUT2D eigenvalue weighted by Crippen LogP contribution is -2.41. The second-order valence-electron chi connectivity index (χ2n) is 5.50. The summed E-state index contributed by atoms with van der Waals surface area (Å²) in [6, 6.07) is 11.4. The van der Waals surface area contributed by atoms with Crippen LogP contribution in [0.3, 0.4) is 0 Å². The molecule has 28 heavy (non-hydrogen) atoms. The Balaban J connectivity index is 1.73. The summed E-state index contributed by atoms with van der Waals surface area (Å²) in [4.78, 5) is 28.6. The molecule has 144 valence electrons. The minimum absolute atomic E-state index is 0.0443. The first-order valence-electron chi connectivity index (χ1n) is 8.10. The van der Waals surface area contributed by atoms with Gasteiger partial charge >= 0.3 is 0 Å². The van der Waals surface area contributed by atoms with E-state index in [1.165, 1.54) is 37.7 Å². The van der Waals surface area contributed by atoms with E-state index >= 15 is 0 Å². The average Bonchev–Trinajstić information content (AvgIpc) is 3.21. The second-order valence-corrected chi connectivity index (χ2v) is 6.36. The molecule has 2 aromatic carbocycles. The Hall–Kier alpha value is -3.59. The minimum Gasteiger partial charge on any atom is -0.507 e. The lowest BCUT2D eigenvalue weighted by atomic mass is 10.2. The van der Waals surface area contributed by atoms with E-state index in [0.717, 1.165) is 0 Å². The number of hydrogen-bond donors (Lipinski definition) is 3. The number of aromatic nitrogens is 1. The highest BCUT2D eigenvalue weighted by Crippen LogP contribution is 2.38.